The summed E-state index contributed by atoms with van der Waals surface area (Å²) < 4.78 is 33.5. The molecule has 2 heterocycles. The maximum atomic E-state index is 13.1. The maximum absolute atomic E-state index is 13.1. The maximum Gasteiger partial charge on any atom is 0.249 e. The summed E-state index contributed by atoms with van der Waals surface area (Å²) in [4.78, 5) is 0.282. The molecule has 3 aromatic rings. The molecular weight excluding hydrogens is 398 g/mol. The number of rotatable bonds is 4. The predicted octanol–water partition coefficient (Wildman–Crippen LogP) is 4.54. The van der Waals surface area contributed by atoms with Crippen LogP contribution < -0.4 is 0 Å². The summed E-state index contributed by atoms with van der Waals surface area (Å²) in [6, 6.07) is 12.4. The van der Waals surface area contributed by atoms with Crippen LogP contribution in [0.5, 0.6) is 0 Å². The van der Waals surface area contributed by atoms with Gasteiger partial charge in [0.25, 0.3) is 0 Å². The molecule has 0 N–H and O–H groups in total. The minimum absolute atomic E-state index is 0.255. The molecule has 0 aliphatic carbocycles. The van der Waals surface area contributed by atoms with Gasteiger partial charge in [0.15, 0.2) is 0 Å². The van der Waals surface area contributed by atoms with Crippen LogP contribution in [0, 0.1) is 6.92 Å². The van der Waals surface area contributed by atoms with Gasteiger partial charge in [-0.3, -0.25) is 0 Å². The molecule has 0 unspecified atom stereocenters. The van der Waals surface area contributed by atoms with Crippen LogP contribution >= 0.6 is 11.6 Å². The van der Waals surface area contributed by atoms with E-state index in [0.29, 0.717) is 40.7 Å². The van der Waals surface area contributed by atoms with Gasteiger partial charge >= 0.3 is 0 Å². The Hall–Kier alpha value is -2.22. The Morgan fingerprint density at radius 1 is 1.00 bits per heavy atom. The van der Waals surface area contributed by atoms with E-state index >= 15 is 0 Å². The molecule has 0 spiro atoms. The quantitative estimate of drug-likeness (QED) is 0.622. The highest BCUT2D eigenvalue weighted by atomic mass is 35.5. The van der Waals surface area contributed by atoms with Crippen molar-refractivity contribution in [1.82, 2.24) is 14.5 Å². The highest BCUT2D eigenvalue weighted by Crippen LogP contribution is 2.31. The van der Waals surface area contributed by atoms with Gasteiger partial charge in [0.1, 0.15) is 0 Å². The number of halogens is 1. The number of aryl methyl sites for hydroxylation is 1. The van der Waals surface area contributed by atoms with E-state index in [1.165, 1.54) is 0 Å². The van der Waals surface area contributed by atoms with E-state index in [2.05, 4.69) is 10.2 Å². The predicted molar refractivity (Wildman–Crippen MR) is 108 cm³/mol. The first-order valence-electron chi connectivity index (χ1n) is 9.16. The fraction of sp³-hybridized carbons (Fsp3) is 0.300. The van der Waals surface area contributed by atoms with E-state index < -0.39 is 10.0 Å². The third kappa shape index (κ3) is 3.57. The van der Waals surface area contributed by atoms with Gasteiger partial charge in [-0.2, -0.15) is 4.31 Å². The van der Waals surface area contributed by atoms with Crippen LogP contribution in [-0.2, 0) is 10.0 Å². The molecule has 1 aromatic heterocycles. The van der Waals surface area contributed by atoms with Crippen molar-refractivity contribution in [2.24, 2.45) is 0 Å². The Labute approximate surface area is 169 Å². The average molecular weight is 418 g/mol. The van der Waals surface area contributed by atoms with E-state index in [4.69, 9.17) is 16.0 Å². The number of sulfonamides is 1. The van der Waals surface area contributed by atoms with Crippen molar-refractivity contribution in [2.75, 3.05) is 13.1 Å². The smallest absolute Gasteiger partial charge is 0.249 e. The van der Waals surface area contributed by atoms with Crippen LogP contribution in [0.2, 0.25) is 5.02 Å². The molecule has 0 bridgehead atoms. The summed E-state index contributed by atoms with van der Waals surface area (Å²) in [5, 5.41) is 8.66. The molecule has 1 aliphatic heterocycles. The second-order valence-electron chi connectivity index (χ2n) is 6.84. The van der Waals surface area contributed by atoms with Crippen molar-refractivity contribution in [3.8, 4) is 22.9 Å². The molecule has 1 fully saturated rings. The number of benzene rings is 2. The molecule has 2 aromatic carbocycles. The SMILES string of the molecule is Cc1ccc(-c2nnc(-c3ccccc3Cl)o2)cc1S(=O)(=O)N1CCCCC1. The minimum atomic E-state index is -3.55. The number of aromatic nitrogens is 2. The van der Waals surface area contributed by atoms with Crippen molar-refractivity contribution < 1.29 is 12.8 Å². The topological polar surface area (TPSA) is 76.3 Å². The van der Waals surface area contributed by atoms with Crippen LogP contribution in [0.3, 0.4) is 0 Å². The lowest BCUT2D eigenvalue weighted by molar-refractivity contribution is 0.346. The molecule has 28 heavy (non-hydrogen) atoms. The molecule has 0 atom stereocenters. The monoisotopic (exact) mass is 417 g/mol. The lowest BCUT2D eigenvalue weighted by atomic mass is 10.1. The van der Waals surface area contributed by atoms with Gasteiger partial charge in [-0.15, -0.1) is 10.2 Å². The summed E-state index contributed by atoms with van der Waals surface area (Å²) in [6.07, 6.45) is 2.85. The number of piperidine rings is 1. The van der Waals surface area contributed by atoms with Gasteiger partial charge < -0.3 is 4.42 Å². The Morgan fingerprint density at radius 3 is 2.46 bits per heavy atom. The number of hydrogen-bond acceptors (Lipinski definition) is 5. The molecule has 146 valence electrons. The molecular formula is C20H20ClN3O3S. The standard InChI is InChI=1S/C20H20ClN3O3S/c1-14-9-10-15(13-18(14)28(25,26)24-11-5-2-6-12-24)19-22-23-20(27-19)16-7-3-4-8-17(16)21/h3-4,7-10,13H,2,5-6,11-12H2,1H3. The van der Waals surface area contributed by atoms with Crippen LogP contribution in [-0.4, -0.2) is 36.0 Å². The largest absolute Gasteiger partial charge is 0.416 e. The summed E-state index contributed by atoms with van der Waals surface area (Å²) in [5.41, 5.74) is 1.89. The van der Waals surface area contributed by atoms with Crippen molar-refractivity contribution >= 4 is 21.6 Å². The van der Waals surface area contributed by atoms with E-state index in [1.807, 2.05) is 12.1 Å². The third-order valence-electron chi connectivity index (χ3n) is 4.90. The molecule has 0 amide bonds. The molecule has 1 aliphatic rings. The van der Waals surface area contributed by atoms with Gasteiger partial charge in [-0.1, -0.05) is 36.2 Å². The first-order chi connectivity index (χ1) is 13.5. The normalized spacial score (nSPS) is 15.6. The molecule has 1 saturated heterocycles. The second-order valence-corrected chi connectivity index (χ2v) is 9.15. The molecule has 0 saturated carbocycles. The Bertz CT molecular complexity index is 1110. The fourth-order valence-electron chi connectivity index (χ4n) is 3.34. The zero-order valence-corrected chi connectivity index (χ0v) is 17.0. The first kappa shape index (κ1) is 19.1. The zero-order valence-electron chi connectivity index (χ0n) is 15.4. The number of hydrogen-bond donors (Lipinski definition) is 0. The van der Waals surface area contributed by atoms with Crippen LogP contribution in [0.1, 0.15) is 24.8 Å². The van der Waals surface area contributed by atoms with E-state index in [9.17, 15) is 8.42 Å². The summed E-state index contributed by atoms with van der Waals surface area (Å²) in [5.74, 6) is 0.548. The Morgan fingerprint density at radius 2 is 1.71 bits per heavy atom. The fourth-order valence-corrected chi connectivity index (χ4v) is 5.32. The Balaban J connectivity index is 1.71. The minimum Gasteiger partial charge on any atom is -0.416 e. The van der Waals surface area contributed by atoms with Crippen LogP contribution in [0.15, 0.2) is 51.8 Å². The van der Waals surface area contributed by atoms with Crippen LogP contribution in [0.25, 0.3) is 22.9 Å². The van der Waals surface area contributed by atoms with E-state index in [-0.39, 0.29) is 10.8 Å². The van der Waals surface area contributed by atoms with Crippen molar-refractivity contribution in [2.45, 2.75) is 31.1 Å². The molecule has 0 radical (unpaired) electrons. The average Bonchev–Trinajstić information content (AvgIpc) is 3.19. The Kier molecular flexibility index (Phi) is 5.23. The van der Waals surface area contributed by atoms with Gasteiger partial charge in [0.2, 0.25) is 21.8 Å². The lowest BCUT2D eigenvalue weighted by Gasteiger charge is -2.26. The van der Waals surface area contributed by atoms with Crippen LogP contribution in [0.4, 0.5) is 0 Å². The van der Waals surface area contributed by atoms with Gasteiger partial charge in [-0.25, -0.2) is 8.42 Å². The second kappa shape index (κ2) is 7.66. The van der Waals surface area contributed by atoms with Gasteiger partial charge in [-0.05, 0) is 49.6 Å². The van der Waals surface area contributed by atoms with E-state index in [0.717, 1.165) is 19.3 Å². The summed E-state index contributed by atoms with van der Waals surface area (Å²) in [7, 11) is -3.55. The van der Waals surface area contributed by atoms with Crippen molar-refractivity contribution in [3.63, 3.8) is 0 Å². The highest BCUT2D eigenvalue weighted by Gasteiger charge is 2.28. The van der Waals surface area contributed by atoms with Crippen molar-refractivity contribution in [1.29, 1.82) is 0 Å². The van der Waals surface area contributed by atoms with Gasteiger partial charge in [0.05, 0.1) is 15.5 Å². The van der Waals surface area contributed by atoms with E-state index in [1.54, 1.807) is 41.6 Å². The highest BCUT2D eigenvalue weighted by molar-refractivity contribution is 7.89. The lowest BCUT2D eigenvalue weighted by Crippen LogP contribution is -2.35. The summed E-state index contributed by atoms with van der Waals surface area (Å²) in [6.45, 7) is 2.91. The molecule has 6 nitrogen and oxygen atoms in total. The third-order valence-corrected chi connectivity index (χ3v) is 7.27. The zero-order chi connectivity index (χ0) is 19.7. The number of nitrogens with zero attached hydrogens (tertiary/aromatic N) is 3. The first-order valence-corrected chi connectivity index (χ1v) is 11.0. The van der Waals surface area contributed by atoms with Gasteiger partial charge in [0, 0.05) is 18.7 Å². The van der Waals surface area contributed by atoms with Crippen molar-refractivity contribution in [3.05, 3.63) is 53.1 Å². The molecule has 4 rings (SSSR count). The molecule has 8 heteroatoms. The summed E-state index contributed by atoms with van der Waals surface area (Å²) >= 11 is 6.19.